The SMILES string of the molecule is Cc1cccc([C@@H](O)CN=[N+]=[N-])c1Br. The number of aliphatic hydroxyl groups excluding tert-OH is 1. The minimum Gasteiger partial charge on any atom is -0.388 e. The van der Waals surface area contributed by atoms with Crippen LogP contribution >= 0.6 is 15.9 Å². The lowest BCUT2D eigenvalue weighted by Gasteiger charge is -2.11. The summed E-state index contributed by atoms with van der Waals surface area (Å²) >= 11 is 3.38. The van der Waals surface area contributed by atoms with E-state index in [1.54, 1.807) is 6.07 Å². The molecule has 0 aliphatic rings. The van der Waals surface area contributed by atoms with Crippen LogP contribution < -0.4 is 0 Å². The summed E-state index contributed by atoms with van der Waals surface area (Å²) < 4.78 is 0.862. The van der Waals surface area contributed by atoms with Crippen LogP contribution in [0, 0.1) is 6.92 Å². The summed E-state index contributed by atoms with van der Waals surface area (Å²) in [5, 5.41) is 13.0. The van der Waals surface area contributed by atoms with Gasteiger partial charge in [-0.2, -0.15) is 0 Å². The van der Waals surface area contributed by atoms with Crippen LogP contribution in [0.4, 0.5) is 0 Å². The lowest BCUT2D eigenvalue weighted by molar-refractivity contribution is 0.186. The van der Waals surface area contributed by atoms with E-state index in [4.69, 9.17) is 5.53 Å². The molecule has 0 amide bonds. The van der Waals surface area contributed by atoms with Crippen molar-refractivity contribution < 1.29 is 5.11 Å². The molecule has 0 radical (unpaired) electrons. The molecule has 0 aliphatic heterocycles. The van der Waals surface area contributed by atoms with Gasteiger partial charge < -0.3 is 5.11 Å². The molecular weight excluding hydrogens is 246 g/mol. The Morgan fingerprint density at radius 2 is 2.36 bits per heavy atom. The first-order valence-corrected chi connectivity index (χ1v) is 4.90. The van der Waals surface area contributed by atoms with Crippen LogP contribution in [-0.2, 0) is 0 Å². The molecule has 14 heavy (non-hydrogen) atoms. The smallest absolute Gasteiger partial charge is 0.0857 e. The van der Waals surface area contributed by atoms with Crippen molar-refractivity contribution in [2.45, 2.75) is 13.0 Å². The van der Waals surface area contributed by atoms with Crippen LogP contribution in [0.3, 0.4) is 0 Å². The topological polar surface area (TPSA) is 69.0 Å². The van der Waals surface area contributed by atoms with E-state index in [1.807, 2.05) is 19.1 Å². The summed E-state index contributed by atoms with van der Waals surface area (Å²) in [6.07, 6.45) is -0.750. The standard InChI is InChI=1S/C9H10BrN3O/c1-6-3-2-4-7(9(6)10)8(14)5-12-13-11/h2-4,8,14H,5H2,1H3/t8-/m0/s1. The van der Waals surface area contributed by atoms with E-state index in [-0.39, 0.29) is 6.54 Å². The summed E-state index contributed by atoms with van der Waals surface area (Å²) in [6.45, 7) is 1.99. The lowest BCUT2D eigenvalue weighted by atomic mass is 10.1. The third kappa shape index (κ3) is 2.48. The summed E-state index contributed by atoms with van der Waals surface area (Å²) in [4.78, 5) is 2.60. The maximum absolute atomic E-state index is 9.66. The number of benzene rings is 1. The first kappa shape index (κ1) is 11.0. The molecule has 74 valence electrons. The maximum atomic E-state index is 9.66. The van der Waals surface area contributed by atoms with Crippen LogP contribution in [0.5, 0.6) is 0 Å². The Labute approximate surface area is 90.3 Å². The second kappa shape index (κ2) is 5.00. The molecule has 0 saturated carbocycles. The number of rotatable bonds is 3. The lowest BCUT2D eigenvalue weighted by Crippen LogP contribution is -2.02. The normalized spacial score (nSPS) is 11.9. The summed E-state index contributed by atoms with van der Waals surface area (Å²) in [7, 11) is 0. The van der Waals surface area contributed by atoms with Crippen LogP contribution in [0.1, 0.15) is 17.2 Å². The van der Waals surface area contributed by atoms with E-state index in [1.165, 1.54) is 0 Å². The average Bonchev–Trinajstić information content (AvgIpc) is 2.18. The van der Waals surface area contributed by atoms with Crippen molar-refractivity contribution in [1.82, 2.24) is 0 Å². The van der Waals surface area contributed by atoms with Gasteiger partial charge in [0, 0.05) is 9.38 Å². The third-order valence-electron chi connectivity index (χ3n) is 1.90. The van der Waals surface area contributed by atoms with Gasteiger partial charge in [0.15, 0.2) is 0 Å². The van der Waals surface area contributed by atoms with Gasteiger partial charge in [0.1, 0.15) is 0 Å². The van der Waals surface area contributed by atoms with Crippen molar-refractivity contribution in [1.29, 1.82) is 0 Å². The highest BCUT2D eigenvalue weighted by Crippen LogP contribution is 2.26. The fourth-order valence-electron chi connectivity index (χ4n) is 1.14. The molecule has 0 aromatic heterocycles. The predicted octanol–water partition coefficient (Wildman–Crippen LogP) is 3.10. The van der Waals surface area contributed by atoms with E-state index in [2.05, 4.69) is 26.0 Å². The highest BCUT2D eigenvalue weighted by atomic mass is 79.9. The largest absolute Gasteiger partial charge is 0.388 e. The second-order valence-electron chi connectivity index (χ2n) is 2.91. The van der Waals surface area contributed by atoms with Crippen LogP contribution in [0.2, 0.25) is 0 Å². The molecule has 0 fully saturated rings. The fraction of sp³-hybridized carbons (Fsp3) is 0.333. The Morgan fingerprint density at radius 1 is 1.64 bits per heavy atom. The van der Waals surface area contributed by atoms with Crippen molar-refractivity contribution >= 4 is 15.9 Å². The molecule has 0 heterocycles. The number of halogens is 1. The Morgan fingerprint density at radius 3 is 3.00 bits per heavy atom. The van der Waals surface area contributed by atoms with Gasteiger partial charge in [-0.25, -0.2) is 0 Å². The number of aliphatic hydroxyl groups is 1. The quantitative estimate of drug-likeness (QED) is 0.503. The molecule has 1 rings (SSSR count). The molecule has 0 saturated heterocycles. The summed E-state index contributed by atoms with van der Waals surface area (Å²) in [5.74, 6) is 0. The zero-order valence-electron chi connectivity index (χ0n) is 7.68. The predicted molar refractivity (Wildman–Crippen MR) is 57.9 cm³/mol. The molecule has 0 bridgehead atoms. The number of hydrogen-bond donors (Lipinski definition) is 1. The van der Waals surface area contributed by atoms with Crippen molar-refractivity contribution in [3.8, 4) is 0 Å². The molecule has 1 N–H and O–H groups in total. The van der Waals surface area contributed by atoms with Crippen LogP contribution in [0.15, 0.2) is 27.8 Å². The van der Waals surface area contributed by atoms with E-state index in [0.29, 0.717) is 0 Å². The molecule has 4 nitrogen and oxygen atoms in total. The Bertz CT molecular complexity index is 374. The molecule has 0 unspecified atom stereocenters. The second-order valence-corrected chi connectivity index (χ2v) is 3.70. The van der Waals surface area contributed by atoms with Crippen molar-refractivity contribution in [2.24, 2.45) is 5.11 Å². The van der Waals surface area contributed by atoms with E-state index in [9.17, 15) is 5.11 Å². The highest BCUT2D eigenvalue weighted by Gasteiger charge is 2.10. The highest BCUT2D eigenvalue weighted by molar-refractivity contribution is 9.10. The van der Waals surface area contributed by atoms with Gasteiger partial charge in [-0.15, -0.1) is 0 Å². The van der Waals surface area contributed by atoms with E-state index < -0.39 is 6.10 Å². The Hall–Kier alpha value is -1.03. The molecule has 1 aromatic carbocycles. The van der Waals surface area contributed by atoms with Gasteiger partial charge in [0.05, 0.1) is 12.6 Å². The minimum atomic E-state index is -0.750. The molecule has 0 aliphatic carbocycles. The molecular formula is C9H10BrN3O. The number of aryl methyl sites for hydroxylation is 1. The van der Waals surface area contributed by atoms with Gasteiger partial charge in [-0.3, -0.25) is 0 Å². The zero-order valence-corrected chi connectivity index (χ0v) is 9.27. The molecule has 5 heteroatoms. The number of nitrogens with zero attached hydrogens (tertiary/aromatic N) is 3. The summed E-state index contributed by atoms with van der Waals surface area (Å²) in [6, 6.07) is 5.59. The van der Waals surface area contributed by atoms with Gasteiger partial charge in [-0.05, 0) is 23.6 Å². The Balaban J connectivity index is 2.94. The summed E-state index contributed by atoms with van der Waals surface area (Å²) in [5.41, 5.74) is 9.91. The number of azide groups is 1. The van der Waals surface area contributed by atoms with Crippen LogP contribution in [-0.4, -0.2) is 11.7 Å². The van der Waals surface area contributed by atoms with Crippen LogP contribution in [0.25, 0.3) is 10.4 Å². The van der Waals surface area contributed by atoms with E-state index >= 15 is 0 Å². The van der Waals surface area contributed by atoms with Gasteiger partial charge in [-0.1, -0.05) is 39.2 Å². The minimum absolute atomic E-state index is 0.0541. The molecule has 1 aromatic rings. The first-order chi connectivity index (χ1) is 6.66. The van der Waals surface area contributed by atoms with Crippen molar-refractivity contribution in [2.75, 3.05) is 6.54 Å². The van der Waals surface area contributed by atoms with Crippen molar-refractivity contribution in [3.05, 3.63) is 44.2 Å². The van der Waals surface area contributed by atoms with Gasteiger partial charge >= 0.3 is 0 Å². The van der Waals surface area contributed by atoms with Gasteiger partial charge in [0.25, 0.3) is 0 Å². The maximum Gasteiger partial charge on any atom is 0.0857 e. The number of hydrogen-bond acceptors (Lipinski definition) is 2. The Kier molecular flexibility index (Phi) is 3.95. The van der Waals surface area contributed by atoms with E-state index in [0.717, 1.165) is 15.6 Å². The third-order valence-corrected chi connectivity index (χ3v) is 2.98. The average molecular weight is 256 g/mol. The van der Waals surface area contributed by atoms with Gasteiger partial charge in [0.2, 0.25) is 0 Å². The fourth-order valence-corrected chi connectivity index (χ4v) is 1.67. The first-order valence-electron chi connectivity index (χ1n) is 4.10. The van der Waals surface area contributed by atoms with Crippen molar-refractivity contribution in [3.63, 3.8) is 0 Å². The monoisotopic (exact) mass is 255 g/mol. The zero-order chi connectivity index (χ0) is 10.6. The molecule has 0 spiro atoms. The molecule has 1 atom stereocenters.